The van der Waals surface area contributed by atoms with Crippen molar-refractivity contribution in [3.63, 3.8) is 0 Å². The summed E-state index contributed by atoms with van der Waals surface area (Å²) >= 11 is 11.6. The van der Waals surface area contributed by atoms with Crippen molar-refractivity contribution in [2.45, 2.75) is 0 Å². The fourth-order valence-electron chi connectivity index (χ4n) is 1.05. The number of benzene rings is 1. The van der Waals surface area contributed by atoms with Gasteiger partial charge in [-0.25, -0.2) is 4.98 Å². The van der Waals surface area contributed by atoms with Crippen LogP contribution in [0.25, 0.3) is 0 Å². The van der Waals surface area contributed by atoms with E-state index in [-0.39, 0.29) is 16.7 Å². The van der Waals surface area contributed by atoms with Gasteiger partial charge in [0.1, 0.15) is 22.9 Å². The lowest BCUT2D eigenvalue weighted by atomic mass is 10.3. The molecule has 1 heterocycles. The third-order valence-corrected chi connectivity index (χ3v) is 2.42. The standard InChI is InChI=1S/C10H7Cl2N3O/c11-6-1-3-7(4-2-6)16-10-8(12)9(13)14-5-15-10/h1-5H,(H2,13,14,15). The highest BCUT2D eigenvalue weighted by Crippen LogP contribution is 2.30. The fraction of sp³-hybridized carbons (Fsp3) is 0. The molecule has 6 heteroatoms. The number of rotatable bonds is 2. The van der Waals surface area contributed by atoms with Gasteiger partial charge in [-0.1, -0.05) is 23.2 Å². The molecule has 0 unspecified atom stereocenters. The van der Waals surface area contributed by atoms with E-state index >= 15 is 0 Å². The average molecular weight is 256 g/mol. The summed E-state index contributed by atoms with van der Waals surface area (Å²) in [4.78, 5) is 7.61. The van der Waals surface area contributed by atoms with E-state index in [1.165, 1.54) is 6.33 Å². The molecule has 2 rings (SSSR count). The lowest BCUT2D eigenvalue weighted by Crippen LogP contribution is -1.96. The zero-order valence-electron chi connectivity index (χ0n) is 8.02. The number of aromatic nitrogens is 2. The minimum Gasteiger partial charge on any atom is -0.437 e. The quantitative estimate of drug-likeness (QED) is 0.896. The monoisotopic (exact) mass is 255 g/mol. The van der Waals surface area contributed by atoms with E-state index in [1.54, 1.807) is 24.3 Å². The summed E-state index contributed by atoms with van der Waals surface area (Å²) in [6.45, 7) is 0. The van der Waals surface area contributed by atoms with Gasteiger partial charge in [0.15, 0.2) is 0 Å². The van der Waals surface area contributed by atoms with Gasteiger partial charge in [0, 0.05) is 5.02 Å². The van der Waals surface area contributed by atoms with Crippen LogP contribution >= 0.6 is 23.2 Å². The summed E-state index contributed by atoms with van der Waals surface area (Å²) in [5.74, 6) is 0.974. The normalized spacial score (nSPS) is 10.1. The van der Waals surface area contributed by atoms with Crippen molar-refractivity contribution in [2.24, 2.45) is 0 Å². The maximum absolute atomic E-state index is 5.87. The SMILES string of the molecule is Nc1ncnc(Oc2ccc(Cl)cc2)c1Cl. The van der Waals surface area contributed by atoms with Crippen molar-refractivity contribution in [3.05, 3.63) is 40.6 Å². The van der Waals surface area contributed by atoms with Gasteiger partial charge in [-0.2, -0.15) is 4.98 Å². The molecule has 0 aliphatic carbocycles. The van der Waals surface area contributed by atoms with Crippen LogP contribution in [0.1, 0.15) is 0 Å². The van der Waals surface area contributed by atoms with Gasteiger partial charge in [-0.05, 0) is 24.3 Å². The highest BCUT2D eigenvalue weighted by atomic mass is 35.5. The van der Waals surface area contributed by atoms with E-state index in [0.717, 1.165) is 0 Å². The van der Waals surface area contributed by atoms with Gasteiger partial charge in [0.05, 0.1) is 0 Å². The largest absolute Gasteiger partial charge is 0.437 e. The summed E-state index contributed by atoms with van der Waals surface area (Å²) in [5, 5.41) is 0.818. The van der Waals surface area contributed by atoms with Gasteiger partial charge in [-0.15, -0.1) is 0 Å². The Labute approximate surface area is 102 Å². The van der Waals surface area contributed by atoms with Crippen LogP contribution in [0.15, 0.2) is 30.6 Å². The average Bonchev–Trinajstić information content (AvgIpc) is 2.28. The van der Waals surface area contributed by atoms with Crippen LogP contribution in [0.3, 0.4) is 0 Å². The molecule has 0 fully saturated rings. The number of ether oxygens (including phenoxy) is 1. The van der Waals surface area contributed by atoms with Crippen LogP contribution in [0.4, 0.5) is 5.82 Å². The Morgan fingerprint density at radius 3 is 2.44 bits per heavy atom. The summed E-state index contributed by atoms with van der Waals surface area (Å²) in [7, 11) is 0. The molecular weight excluding hydrogens is 249 g/mol. The van der Waals surface area contributed by atoms with Crippen LogP contribution < -0.4 is 10.5 Å². The maximum Gasteiger partial charge on any atom is 0.243 e. The van der Waals surface area contributed by atoms with Gasteiger partial charge in [-0.3, -0.25) is 0 Å². The molecule has 0 atom stereocenters. The molecule has 1 aromatic heterocycles. The van der Waals surface area contributed by atoms with Crippen molar-refractivity contribution in [1.82, 2.24) is 9.97 Å². The first kappa shape index (κ1) is 11.0. The Morgan fingerprint density at radius 1 is 1.06 bits per heavy atom. The molecule has 0 aliphatic heterocycles. The fourth-order valence-corrected chi connectivity index (χ4v) is 1.31. The molecule has 0 bridgehead atoms. The van der Waals surface area contributed by atoms with Crippen molar-refractivity contribution >= 4 is 29.0 Å². The number of anilines is 1. The molecule has 2 aromatic rings. The summed E-state index contributed by atoms with van der Waals surface area (Å²) in [6, 6.07) is 6.82. The minimum atomic E-state index is 0.181. The molecule has 0 saturated heterocycles. The second kappa shape index (κ2) is 4.55. The number of hydrogen-bond acceptors (Lipinski definition) is 4. The van der Waals surface area contributed by atoms with Crippen LogP contribution in [0.2, 0.25) is 10.0 Å². The molecule has 82 valence electrons. The number of nitrogens with zero attached hydrogens (tertiary/aromatic N) is 2. The number of nitrogens with two attached hydrogens (primary N) is 1. The number of nitrogen functional groups attached to an aromatic ring is 1. The first-order chi connectivity index (χ1) is 7.66. The second-order valence-electron chi connectivity index (χ2n) is 2.93. The smallest absolute Gasteiger partial charge is 0.243 e. The predicted molar refractivity (Wildman–Crippen MR) is 63.0 cm³/mol. The highest BCUT2D eigenvalue weighted by Gasteiger charge is 2.08. The highest BCUT2D eigenvalue weighted by molar-refractivity contribution is 6.34. The Kier molecular flexibility index (Phi) is 3.12. The van der Waals surface area contributed by atoms with E-state index in [1.807, 2.05) is 0 Å². The first-order valence-electron chi connectivity index (χ1n) is 4.36. The molecule has 1 aromatic carbocycles. The molecule has 0 radical (unpaired) electrons. The lowest BCUT2D eigenvalue weighted by Gasteiger charge is -2.06. The minimum absolute atomic E-state index is 0.181. The Bertz CT molecular complexity index is 502. The molecule has 4 nitrogen and oxygen atoms in total. The Hall–Kier alpha value is -1.52. The second-order valence-corrected chi connectivity index (χ2v) is 3.75. The van der Waals surface area contributed by atoms with E-state index < -0.39 is 0 Å². The van der Waals surface area contributed by atoms with E-state index in [0.29, 0.717) is 10.8 Å². The summed E-state index contributed by atoms with van der Waals surface area (Å²) < 4.78 is 5.42. The topological polar surface area (TPSA) is 61.0 Å². The van der Waals surface area contributed by atoms with Crippen molar-refractivity contribution in [1.29, 1.82) is 0 Å². The first-order valence-corrected chi connectivity index (χ1v) is 5.12. The molecule has 0 saturated carbocycles. The van der Waals surface area contributed by atoms with Crippen LogP contribution in [-0.4, -0.2) is 9.97 Å². The number of halogens is 2. The third kappa shape index (κ3) is 2.35. The third-order valence-electron chi connectivity index (χ3n) is 1.81. The molecule has 0 spiro atoms. The van der Waals surface area contributed by atoms with E-state index in [4.69, 9.17) is 33.7 Å². The van der Waals surface area contributed by atoms with Crippen molar-refractivity contribution < 1.29 is 4.74 Å². The molecule has 0 amide bonds. The van der Waals surface area contributed by atoms with Gasteiger partial charge < -0.3 is 10.5 Å². The van der Waals surface area contributed by atoms with Crippen molar-refractivity contribution in [3.8, 4) is 11.6 Å². The number of hydrogen-bond donors (Lipinski definition) is 1. The Balaban J connectivity index is 2.27. The van der Waals surface area contributed by atoms with Gasteiger partial charge in [0.2, 0.25) is 5.88 Å². The predicted octanol–water partition coefficient (Wildman–Crippen LogP) is 3.16. The van der Waals surface area contributed by atoms with Crippen LogP contribution in [0, 0.1) is 0 Å². The van der Waals surface area contributed by atoms with E-state index in [9.17, 15) is 0 Å². The lowest BCUT2D eigenvalue weighted by molar-refractivity contribution is 0.462. The zero-order chi connectivity index (χ0) is 11.5. The van der Waals surface area contributed by atoms with Crippen molar-refractivity contribution in [2.75, 3.05) is 5.73 Å². The van der Waals surface area contributed by atoms with Crippen LogP contribution in [0.5, 0.6) is 11.6 Å². The summed E-state index contributed by atoms with van der Waals surface area (Å²) in [6.07, 6.45) is 1.28. The van der Waals surface area contributed by atoms with E-state index in [2.05, 4.69) is 9.97 Å². The van der Waals surface area contributed by atoms with Gasteiger partial charge >= 0.3 is 0 Å². The van der Waals surface area contributed by atoms with Crippen LogP contribution in [-0.2, 0) is 0 Å². The molecule has 2 N–H and O–H groups in total. The molecule has 16 heavy (non-hydrogen) atoms. The Morgan fingerprint density at radius 2 is 1.75 bits per heavy atom. The molecule has 0 aliphatic rings. The van der Waals surface area contributed by atoms with Gasteiger partial charge in [0.25, 0.3) is 0 Å². The maximum atomic E-state index is 5.87. The summed E-state index contributed by atoms with van der Waals surface area (Å²) in [5.41, 5.74) is 5.51. The zero-order valence-corrected chi connectivity index (χ0v) is 9.53. The molecular formula is C10H7Cl2N3O.